The minimum absolute atomic E-state index is 0.0228. The molecule has 2 aromatic carbocycles. The second-order valence-electron chi connectivity index (χ2n) is 7.28. The van der Waals surface area contributed by atoms with Crippen LogP contribution >= 0.6 is 0 Å². The molecule has 1 N–H and O–H groups in total. The molecular formula is C23H24N2O5. The van der Waals surface area contributed by atoms with Gasteiger partial charge in [0, 0.05) is 11.8 Å². The molecule has 0 bridgehead atoms. The number of hydrogen-bond acceptors (Lipinski definition) is 6. The van der Waals surface area contributed by atoms with Crippen LogP contribution in [0.3, 0.4) is 0 Å². The lowest BCUT2D eigenvalue weighted by Gasteiger charge is -2.19. The molecule has 30 heavy (non-hydrogen) atoms. The Hall–Kier alpha value is -3.32. The SMILES string of the molecule is CC(C)OCCN1C(=O)C(Nc2ccc3c(c2)OCCO3)=C(c2ccccc2)C1=O. The number of benzene rings is 2. The van der Waals surface area contributed by atoms with Gasteiger partial charge in [0.1, 0.15) is 18.9 Å². The maximum Gasteiger partial charge on any atom is 0.278 e. The normalized spacial score (nSPS) is 15.9. The predicted octanol–water partition coefficient (Wildman–Crippen LogP) is 3.07. The summed E-state index contributed by atoms with van der Waals surface area (Å²) in [5, 5.41) is 3.14. The summed E-state index contributed by atoms with van der Waals surface area (Å²) >= 11 is 0. The van der Waals surface area contributed by atoms with Crippen molar-refractivity contribution in [1.82, 2.24) is 4.90 Å². The van der Waals surface area contributed by atoms with Gasteiger partial charge in [0.2, 0.25) is 0 Å². The van der Waals surface area contributed by atoms with Crippen molar-refractivity contribution < 1.29 is 23.8 Å². The van der Waals surface area contributed by atoms with Gasteiger partial charge in [-0.05, 0) is 31.5 Å². The lowest BCUT2D eigenvalue weighted by atomic mass is 10.0. The number of imide groups is 1. The average molecular weight is 408 g/mol. The highest BCUT2D eigenvalue weighted by atomic mass is 16.6. The molecule has 0 saturated heterocycles. The van der Waals surface area contributed by atoms with E-state index in [1.807, 2.05) is 44.2 Å². The topological polar surface area (TPSA) is 77.1 Å². The van der Waals surface area contributed by atoms with Crippen LogP contribution in [0.25, 0.3) is 5.57 Å². The molecule has 0 saturated carbocycles. The number of amides is 2. The maximum absolute atomic E-state index is 13.1. The number of carbonyl (C=O) groups excluding carboxylic acids is 2. The fourth-order valence-electron chi connectivity index (χ4n) is 3.41. The summed E-state index contributed by atoms with van der Waals surface area (Å²) in [5.41, 5.74) is 1.92. The van der Waals surface area contributed by atoms with Crippen LogP contribution in [0.5, 0.6) is 11.5 Å². The molecule has 7 nitrogen and oxygen atoms in total. The summed E-state index contributed by atoms with van der Waals surface area (Å²) in [5.74, 6) is 0.553. The minimum Gasteiger partial charge on any atom is -0.486 e. The number of anilines is 1. The Bertz CT molecular complexity index is 984. The monoisotopic (exact) mass is 408 g/mol. The number of nitrogens with zero attached hydrogens (tertiary/aromatic N) is 1. The standard InChI is InChI=1S/C23H24N2O5/c1-15(2)28-11-10-25-22(26)20(16-6-4-3-5-7-16)21(23(25)27)24-17-8-9-18-19(14-17)30-13-12-29-18/h3-9,14-15,24H,10-13H2,1-2H3. The van der Waals surface area contributed by atoms with Crippen LogP contribution in [0.2, 0.25) is 0 Å². The van der Waals surface area contributed by atoms with Crippen molar-refractivity contribution in [2.24, 2.45) is 0 Å². The summed E-state index contributed by atoms with van der Waals surface area (Å²) in [4.78, 5) is 27.5. The summed E-state index contributed by atoms with van der Waals surface area (Å²) < 4.78 is 16.7. The van der Waals surface area contributed by atoms with Gasteiger partial charge < -0.3 is 19.5 Å². The smallest absolute Gasteiger partial charge is 0.278 e. The summed E-state index contributed by atoms with van der Waals surface area (Å²) in [6.45, 7) is 5.28. The van der Waals surface area contributed by atoms with Gasteiger partial charge in [-0.3, -0.25) is 14.5 Å². The van der Waals surface area contributed by atoms with E-state index >= 15 is 0 Å². The van der Waals surface area contributed by atoms with Gasteiger partial charge >= 0.3 is 0 Å². The van der Waals surface area contributed by atoms with E-state index in [0.29, 0.717) is 41.5 Å². The van der Waals surface area contributed by atoms with Crippen molar-refractivity contribution in [2.75, 3.05) is 31.7 Å². The Morgan fingerprint density at radius 3 is 2.47 bits per heavy atom. The van der Waals surface area contributed by atoms with Gasteiger partial charge in [0.05, 0.1) is 24.8 Å². The first-order valence-electron chi connectivity index (χ1n) is 9.99. The summed E-state index contributed by atoms with van der Waals surface area (Å²) in [7, 11) is 0. The molecule has 2 aromatic rings. The van der Waals surface area contributed by atoms with E-state index in [1.165, 1.54) is 4.90 Å². The molecule has 0 aliphatic carbocycles. The predicted molar refractivity (Wildman–Crippen MR) is 112 cm³/mol. The molecule has 0 atom stereocenters. The molecule has 7 heteroatoms. The van der Waals surface area contributed by atoms with Gasteiger partial charge in [-0.1, -0.05) is 30.3 Å². The quantitative estimate of drug-likeness (QED) is 0.710. The van der Waals surface area contributed by atoms with E-state index in [0.717, 1.165) is 0 Å². The molecule has 156 valence electrons. The molecule has 2 amide bonds. The molecular weight excluding hydrogens is 384 g/mol. The highest BCUT2D eigenvalue weighted by Crippen LogP contribution is 2.35. The maximum atomic E-state index is 13.1. The first-order chi connectivity index (χ1) is 14.5. The van der Waals surface area contributed by atoms with Gasteiger partial charge in [0.25, 0.3) is 11.8 Å². The van der Waals surface area contributed by atoms with Crippen LogP contribution in [-0.4, -0.2) is 49.2 Å². The van der Waals surface area contributed by atoms with Crippen LogP contribution in [0.4, 0.5) is 5.69 Å². The third kappa shape index (κ3) is 4.02. The lowest BCUT2D eigenvalue weighted by Crippen LogP contribution is -2.35. The lowest BCUT2D eigenvalue weighted by molar-refractivity contribution is -0.137. The van der Waals surface area contributed by atoms with Crippen molar-refractivity contribution in [2.45, 2.75) is 20.0 Å². The van der Waals surface area contributed by atoms with E-state index in [2.05, 4.69) is 5.32 Å². The van der Waals surface area contributed by atoms with Crippen molar-refractivity contribution in [1.29, 1.82) is 0 Å². The molecule has 0 fully saturated rings. The second kappa shape index (κ2) is 8.59. The third-order valence-electron chi connectivity index (χ3n) is 4.81. The fraction of sp³-hybridized carbons (Fsp3) is 0.304. The van der Waals surface area contributed by atoms with Gasteiger partial charge in [-0.15, -0.1) is 0 Å². The van der Waals surface area contributed by atoms with E-state index in [-0.39, 0.29) is 36.8 Å². The summed E-state index contributed by atoms with van der Waals surface area (Å²) in [6, 6.07) is 14.5. The zero-order valence-electron chi connectivity index (χ0n) is 17.0. The Kier molecular flexibility index (Phi) is 5.72. The highest BCUT2D eigenvalue weighted by Gasteiger charge is 2.39. The number of rotatable bonds is 7. The number of hydrogen-bond donors (Lipinski definition) is 1. The molecule has 0 spiro atoms. The molecule has 2 aliphatic rings. The molecule has 0 unspecified atom stereocenters. The van der Waals surface area contributed by atoms with Crippen molar-refractivity contribution in [3.8, 4) is 11.5 Å². The zero-order valence-corrected chi connectivity index (χ0v) is 17.0. The largest absolute Gasteiger partial charge is 0.486 e. The Morgan fingerprint density at radius 1 is 1.00 bits per heavy atom. The van der Waals surface area contributed by atoms with E-state index in [1.54, 1.807) is 18.2 Å². The van der Waals surface area contributed by atoms with Gasteiger partial charge in [-0.2, -0.15) is 0 Å². The fourth-order valence-corrected chi connectivity index (χ4v) is 3.41. The Labute approximate surface area is 175 Å². The van der Waals surface area contributed by atoms with Crippen LogP contribution < -0.4 is 14.8 Å². The highest BCUT2D eigenvalue weighted by molar-refractivity contribution is 6.36. The van der Waals surface area contributed by atoms with Crippen LogP contribution in [0.1, 0.15) is 19.4 Å². The van der Waals surface area contributed by atoms with E-state index in [4.69, 9.17) is 14.2 Å². The van der Waals surface area contributed by atoms with Crippen LogP contribution in [-0.2, 0) is 14.3 Å². The van der Waals surface area contributed by atoms with Gasteiger partial charge in [0.15, 0.2) is 11.5 Å². The molecule has 2 heterocycles. The summed E-state index contributed by atoms with van der Waals surface area (Å²) in [6.07, 6.45) is 0.0228. The average Bonchev–Trinajstić information content (AvgIpc) is 2.98. The molecule has 4 rings (SSSR count). The first-order valence-corrected chi connectivity index (χ1v) is 9.99. The van der Waals surface area contributed by atoms with E-state index in [9.17, 15) is 9.59 Å². The number of carbonyl (C=O) groups is 2. The first kappa shape index (κ1) is 20.0. The number of ether oxygens (including phenoxy) is 3. The third-order valence-corrected chi connectivity index (χ3v) is 4.81. The minimum atomic E-state index is -0.374. The number of fused-ring (bicyclic) bond motifs is 1. The molecule has 2 aliphatic heterocycles. The van der Waals surface area contributed by atoms with Gasteiger partial charge in [-0.25, -0.2) is 0 Å². The molecule has 0 radical (unpaired) electrons. The number of nitrogens with one attached hydrogen (secondary N) is 1. The zero-order chi connectivity index (χ0) is 21.1. The Morgan fingerprint density at radius 2 is 1.73 bits per heavy atom. The second-order valence-corrected chi connectivity index (χ2v) is 7.28. The van der Waals surface area contributed by atoms with Crippen LogP contribution in [0.15, 0.2) is 54.2 Å². The van der Waals surface area contributed by atoms with Crippen LogP contribution in [0, 0.1) is 0 Å². The Balaban J connectivity index is 1.65. The molecule has 0 aromatic heterocycles. The van der Waals surface area contributed by atoms with Crippen molar-refractivity contribution in [3.05, 3.63) is 59.8 Å². The van der Waals surface area contributed by atoms with Crippen molar-refractivity contribution in [3.63, 3.8) is 0 Å². The van der Waals surface area contributed by atoms with E-state index < -0.39 is 0 Å². The van der Waals surface area contributed by atoms with Crippen molar-refractivity contribution >= 4 is 23.1 Å².